The van der Waals surface area contributed by atoms with E-state index in [1.165, 1.54) is 0 Å². The molecular formula is C27H25NO4. The first-order chi connectivity index (χ1) is 15.3. The Labute approximate surface area is 187 Å². The van der Waals surface area contributed by atoms with Gasteiger partial charge in [0.2, 0.25) is 0 Å². The first kappa shape index (κ1) is 21.1. The molecule has 4 aromatic rings. The fraction of sp³-hybridized carbons (Fsp3) is 0.111. The minimum absolute atomic E-state index is 0.163. The van der Waals surface area contributed by atoms with Gasteiger partial charge in [-0.2, -0.15) is 0 Å². The van der Waals surface area contributed by atoms with Gasteiger partial charge >= 0.3 is 0 Å². The second-order valence-corrected chi connectivity index (χ2v) is 7.82. The first-order valence-corrected chi connectivity index (χ1v) is 10.3. The smallest absolute Gasteiger partial charge is 0.127 e. The van der Waals surface area contributed by atoms with Gasteiger partial charge in [-0.25, -0.2) is 0 Å². The summed E-state index contributed by atoms with van der Waals surface area (Å²) in [5, 5.41) is 30.0. The van der Waals surface area contributed by atoms with Crippen LogP contribution < -0.4 is 9.64 Å². The molecule has 0 unspecified atom stereocenters. The number of phenolic OH excluding ortho intramolecular Hbond substituents is 3. The van der Waals surface area contributed by atoms with Crippen LogP contribution in [-0.4, -0.2) is 15.3 Å². The predicted molar refractivity (Wildman–Crippen MR) is 127 cm³/mol. The topological polar surface area (TPSA) is 73.2 Å². The molecule has 4 aromatic carbocycles. The minimum Gasteiger partial charge on any atom is -0.508 e. The molecule has 32 heavy (non-hydrogen) atoms. The molecule has 0 aliphatic heterocycles. The predicted octanol–water partition coefficient (Wildman–Crippen LogP) is 6.99. The molecule has 0 radical (unpaired) electrons. The molecule has 0 heterocycles. The van der Waals surface area contributed by atoms with Crippen molar-refractivity contribution in [2.75, 3.05) is 4.90 Å². The van der Waals surface area contributed by atoms with Crippen LogP contribution in [0.15, 0.2) is 78.9 Å². The highest BCUT2D eigenvalue weighted by molar-refractivity contribution is 5.81. The van der Waals surface area contributed by atoms with Crippen LogP contribution in [0.2, 0.25) is 0 Å². The summed E-state index contributed by atoms with van der Waals surface area (Å²) in [6, 6.07) is 23.1. The summed E-state index contributed by atoms with van der Waals surface area (Å²) in [7, 11) is 0. The third-order valence-electron chi connectivity index (χ3n) is 5.37. The third kappa shape index (κ3) is 4.32. The van der Waals surface area contributed by atoms with Crippen LogP contribution in [0.5, 0.6) is 28.7 Å². The molecule has 3 N–H and O–H groups in total. The maximum absolute atomic E-state index is 10.1. The van der Waals surface area contributed by atoms with E-state index in [0.29, 0.717) is 11.5 Å². The summed E-state index contributed by atoms with van der Waals surface area (Å²) in [5.74, 6) is 1.84. The van der Waals surface area contributed by atoms with Crippen molar-refractivity contribution in [3.8, 4) is 28.7 Å². The lowest BCUT2D eigenvalue weighted by molar-refractivity contribution is 0.460. The van der Waals surface area contributed by atoms with E-state index in [4.69, 9.17) is 4.74 Å². The van der Waals surface area contributed by atoms with Gasteiger partial charge in [-0.3, -0.25) is 0 Å². The van der Waals surface area contributed by atoms with Crippen LogP contribution in [0.25, 0.3) is 0 Å². The number of nitrogens with zero attached hydrogens (tertiary/aromatic N) is 1. The Kier molecular flexibility index (Phi) is 5.65. The first-order valence-electron chi connectivity index (χ1n) is 10.3. The number of ether oxygens (including phenoxy) is 1. The van der Waals surface area contributed by atoms with E-state index in [9.17, 15) is 15.3 Å². The molecule has 0 amide bonds. The third-order valence-corrected chi connectivity index (χ3v) is 5.37. The Morgan fingerprint density at radius 3 is 1.62 bits per heavy atom. The highest BCUT2D eigenvalue weighted by atomic mass is 16.5. The average Bonchev–Trinajstić information content (AvgIpc) is 2.77. The molecule has 0 saturated heterocycles. The Morgan fingerprint density at radius 1 is 0.562 bits per heavy atom. The van der Waals surface area contributed by atoms with Crippen LogP contribution in [0.1, 0.15) is 16.7 Å². The van der Waals surface area contributed by atoms with E-state index in [1.807, 2.05) is 62.1 Å². The van der Waals surface area contributed by atoms with Gasteiger partial charge in [0, 0.05) is 17.8 Å². The molecule has 5 nitrogen and oxygen atoms in total. The maximum atomic E-state index is 10.1. The molecule has 0 aromatic heterocycles. The second kappa shape index (κ2) is 8.55. The molecule has 0 atom stereocenters. The van der Waals surface area contributed by atoms with Crippen molar-refractivity contribution < 1.29 is 20.1 Å². The van der Waals surface area contributed by atoms with Gasteiger partial charge < -0.3 is 25.0 Å². The van der Waals surface area contributed by atoms with Crippen molar-refractivity contribution in [3.63, 3.8) is 0 Å². The molecule has 5 heteroatoms. The largest absolute Gasteiger partial charge is 0.508 e. The molecular weight excluding hydrogens is 402 g/mol. The van der Waals surface area contributed by atoms with Crippen LogP contribution in [0, 0.1) is 20.8 Å². The molecule has 0 aliphatic carbocycles. The Morgan fingerprint density at radius 2 is 1.09 bits per heavy atom. The number of hydrogen-bond donors (Lipinski definition) is 3. The van der Waals surface area contributed by atoms with Crippen molar-refractivity contribution in [1.29, 1.82) is 0 Å². The Balaban J connectivity index is 1.75. The van der Waals surface area contributed by atoms with Gasteiger partial charge in [-0.1, -0.05) is 12.1 Å². The summed E-state index contributed by atoms with van der Waals surface area (Å²) in [6.07, 6.45) is 0. The number of aromatic hydroxyl groups is 3. The lowest BCUT2D eigenvalue weighted by Gasteiger charge is -2.28. The van der Waals surface area contributed by atoms with Crippen LogP contribution >= 0.6 is 0 Å². The second-order valence-electron chi connectivity index (χ2n) is 7.82. The van der Waals surface area contributed by atoms with E-state index < -0.39 is 0 Å². The number of anilines is 3. The zero-order chi connectivity index (χ0) is 22.8. The SMILES string of the molecule is Cc1cc(Oc2ccc(N(c3cc(O)ccc3C)c3cc(O)ccc3C)cc2)ccc1O. The maximum Gasteiger partial charge on any atom is 0.127 e. The minimum atomic E-state index is 0.163. The van der Waals surface area contributed by atoms with Gasteiger partial charge in [0.1, 0.15) is 28.7 Å². The van der Waals surface area contributed by atoms with Crippen molar-refractivity contribution in [1.82, 2.24) is 0 Å². The van der Waals surface area contributed by atoms with Crippen molar-refractivity contribution in [2.24, 2.45) is 0 Å². The summed E-state index contributed by atoms with van der Waals surface area (Å²) >= 11 is 0. The lowest BCUT2D eigenvalue weighted by atomic mass is 10.1. The number of aryl methyl sites for hydroxylation is 3. The summed E-state index contributed by atoms with van der Waals surface area (Å²) < 4.78 is 5.94. The highest BCUT2D eigenvalue weighted by Gasteiger charge is 2.18. The highest BCUT2D eigenvalue weighted by Crippen LogP contribution is 2.41. The molecule has 0 bridgehead atoms. The number of phenols is 3. The average molecular weight is 428 g/mol. The van der Waals surface area contributed by atoms with Crippen molar-refractivity contribution in [2.45, 2.75) is 20.8 Å². The fourth-order valence-electron chi connectivity index (χ4n) is 3.58. The molecule has 0 aliphatic rings. The molecule has 0 fully saturated rings. The van der Waals surface area contributed by atoms with Crippen molar-refractivity contribution in [3.05, 3.63) is 95.6 Å². The van der Waals surface area contributed by atoms with E-state index in [1.54, 1.807) is 42.5 Å². The standard InChI is InChI=1S/C27H25NO4/c1-17-4-8-21(29)15-25(17)28(26-16-22(30)9-5-18(26)2)20-6-10-23(11-7-20)32-24-12-13-27(31)19(3)14-24/h4-16,29-31H,1-3H3. The number of rotatable bonds is 5. The fourth-order valence-corrected chi connectivity index (χ4v) is 3.58. The Hall–Kier alpha value is -4.12. The number of hydrogen-bond acceptors (Lipinski definition) is 5. The van der Waals surface area contributed by atoms with E-state index in [2.05, 4.69) is 0 Å². The zero-order valence-corrected chi connectivity index (χ0v) is 18.2. The van der Waals surface area contributed by atoms with E-state index in [-0.39, 0.29) is 17.2 Å². The van der Waals surface area contributed by atoms with Crippen LogP contribution in [0.4, 0.5) is 17.1 Å². The molecule has 162 valence electrons. The van der Waals surface area contributed by atoms with Crippen LogP contribution in [0.3, 0.4) is 0 Å². The number of benzene rings is 4. The van der Waals surface area contributed by atoms with Crippen LogP contribution in [-0.2, 0) is 0 Å². The summed E-state index contributed by atoms with van der Waals surface area (Å²) in [5.41, 5.74) is 5.16. The summed E-state index contributed by atoms with van der Waals surface area (Å²) in [6.45, 7) is 5.77. The zero-order valence-electron chi connectivity index (χ0n) is 18.2. The molecule has 0 spiro atoms. The normalized spacial score (nSPS) is 10.7. The van der Waals surface area contributed by atoms with Crippen molar-refractivity contribution >= 4 is 17.1 Å². The van der Waals surface area contributed by atoms with E-state index in [0.717, 1.165) is 33.8 Å². The van der Waals surface area contributed by atoms with Gasteiger partial charge in [0.15, 0.2) is 0 Å². The quantitative estimate of drug-likeness (QED) is 0.320. The van der Waals surface area contributed by atoms with Gasteiger partial charge in [0.25, 0.3) is 0 Å². The van der Waals surface area contributed by atoms with Gasteiger partial charge in [-0.15, -0.1) is 0 Å². The molecule has 0 saturated carbocycles. The Bertz CT molecular complexity index is 1210. The monoisotopic (exact) mass is 427 g/mol. The molecule has 4 rings (SSSR count). The van der Waals surface area contributed by atoms with Gasteiger partial charge in [0.05, 0.1) is 11.4 Å². The van der Waals surface area contributed by atoms with E-state index >= 15 is 0 Å². The van der Waals surface area contributed by atoms with Gasteiger partial charge in [-0.05, 0) is 92.1 Å². The summed E-state index contributed by atoms with van der Waals surface area (Å²) in [4.78, 5) is 2.00. The lowest BCUT2D eigenvalue weighted by Crippen LogP contribution is -2.12.